The van der Waals surface area contributed by atoms with Gasteiger partial charge in [-0.2, -0.15) is 0 Å². The van der Waals surface area contributed by atoms with Crippen molar-refractivity contribution in [3.63, 3.8) is 0 Å². The highest BCUT2D eigenvalue weighted by atomic mass is 35.5. The van der Waals surface area contributed by atoms with Crippen molar-refractivity contribution in [3.8, 4) is 0 Å². The molecule has 1 heterocycles. The van der Waals surface area contributed by atoms with Crippen LogP contribution in [0, 0.1) is 5.92 Å². The maximum atomic E-state index is 12.9. The Bertz CT molecular complexity index is 931. The van der Waals surface area contributed by atoms with Crippen LogP contribution in [-0.4, -0.2) is 17.4 Å². The number of benzene rings is 2. The zero-order chi connectivity index (χ0) is 18.6. The molecule has 0 bridgehead atoms. The standard InChI is InChI=1S/C22H21ClN2OS/c23-16-11-9-15(10-12-16)13-14-24-21(26)17-5-1-2-6-18(17)22-25-19-7-3-4-8-20(19)27-22/h1-4,7-12,17-18H,5-6,13-14H2,(H,24,26)/t17-,18-/m0/s1. The van der Waals surface area contributed by atoms with E-state index in [9.17, 15) is 4.79 Å². The summed E-state index contributed by atoms with van der Waals surface area (Å²) in [6, 6.07) is 15.9. The van der Waals surface area contributed by atoms with E-state index in [0.717, 1.165) is 34.8 Å². The molecule has 1 N–H and O–H groups in total. The molecule has 5 heteroatoms. The highest BCUT2D eigenvalue weighted by Gasteiger charge is 2.32. The maximum Gasteiger partial charge on any atom is 0.224 e. The number of halogens is 1. The Kier molecular flexibility index (Phi) is 5.55. The van der Waals surface area contributed by atoms with Crippen molar-refractivity contribution >= 4 is 39.1 Å². The highest BCUT2D eigenvalue weighted by Crippen LogP contribution is 2.38. The Hall–Kier alpha value is -2.17. The smallest absolute Gasteiger partial charge is 0.224 e. The van der Waals surface area contributed by atoms with Gasteiger partial charge < -0.3 is 5.32 Å². The molecule has 0 aliphatic heterocycles. The third-order valence-corrected chi connectivity index (χ3v) is 6.44. The van der Waals surface area contributed by atoms with Crippen LogP contribution in [0.4, 0.5) is 0 Å². The second kappa shape index (κ2) is 8.24. The number of carbonyl (C=O) groups is 1. The molecule has 138 valence electrons. The van der Waals surface area contributed by atoms with Crippen molar-refractivity contribution in [3.05, 3.63) is 76.3 Å². The first-order chi connectivity index (χ1) is 13.2. The summed E-state index contributed by atoms with van der Waals surface area (Å²) in [4.78, 5) is 17.6. The molecule has 0 saturated carbocycles. The van der Waals surface area contributed by atoms with E-state index in [-0.39, 0.29) is 17.7 Å². The number of fused-ring (bicyclic) bond motifs is 1. The molecule has 2 atom stereocenters. The number of aromatic nitrogens is 1. The number of rotatable bonds is 5. The number of hydrogen-bond donors (Lipinski definition) is 1. The number of hydrogen-bond acceptors (Lipinski definition) is 3. The number of amides is 1. The van der Waals surface area contributed by atoms with Crippen LogP contribution in [0.2, 0.25) is 5.02 Å². The largest absolute Gasteiger partial charge is 0.356 e. The van der Waals surface area contributed by atoms with Crippen LogP contribution in [-0.2, 0) is 11.2 Å². The number of nitrogens with one attached hydrogen (secondary N) is 1. The van der Waals surface area contributed by atoms with Crippen molar-refractivity contribution in [2.24, 2.45) is 5.92 Å². The Morgan fingerprint density at radius 3 is 2.70 bits per heavy atom. The lowest BCUT2D eigenvalue weighted by Gasteiger charge is -2.26. The Morgan fingerprint density at radius 1 is 1.11 bits per heavy atom. The summed E-state index contributed by atoms with van der Waals surface area (Å²) in [5, 5.41) is 4.92. The predicted molar refractivity (Wildman–Crippen MR) is 112 cm³/mol. The second-order valence-corrected chi connectivity index (χ2v) is 8.34. The number of thiazole rings is 1. The molecule has 3 aromatic rings. The van der Waals surface area contributed by atoms with Gasteiger partial charge in [0.15, 0.2) is 0 Å². The molecule has 1 aromatic heterocycles. The molecule has 0 saturated heterocycles. The van der Waals surface area contributed by atoms with Gasteiger partial charge in [0.25, 0.3) is 0 Å². The lowest BCUT2D eigenvalue weighted by molar-refractivity contribution is -0.125. The van der Waals surface area contributed by atoms with E-state index in [1.165, 1.54) is 10.3 Å². The van der Waals surface area contributed by atoms with Gasteiger partial charge in [0, 0.05) is 17.5 Å². The van der Waals surface area contributed by atoms with Crippen molar-refractivity contribution in [2.75, 3.05) is 6.54 Å². The van der Waals surface area contributed by atoms with Crippen LogP contribution in [0.5, 0.6) is 0 Å². The average molecular weight is 397 g/mol. The third kappa shape index (κ3) is 4.23. The minimum absolute atomic E-state index is 0.0548. The number of para-hydroxylation sites is 1. The first kappa shape index (κ1) is 18.2. The van der Waals surface area contributed by atoms with E-state index >= 15 is 0 Å². The van der Waals surface area contributed by atoms with Gasteiger partial charge in [0.1, 0.15) is 0 Å². The van der Waals surface area contributed by atoms with E-state index < -0.39 is 0 Å². The fourth-order valence-electron chi connectivity index (χ4n) is 3.54. The lowest BCUT2D eigenvalue weighted by atomic mass is 9.82. The van der Waals surface area contributed by atoms with Gasteiger partial charge in [0.2, 0.25) is 5.91 Å². The van der Waals surface area contributed by atoms with Gasteiger partial charge in [-0.05, 0) is 49.1 Å². The zero-order valence-corrected chi connectivity index (χ0v) is 16.5. The van der Waals surface area contributed by atoms with Crippen LogP contribution >= 0.6 is 22.9 Å². The zero-order valence-electron chi connectivity index (χ0n) is 14.9. The molecule has 0 radical (unpaired) electrons. The van der Waals surface area contributed by atoms with Gasteiger partial charge in [-0.15, -0.1) is 11.3 Å². The Labute approximate surface area is 168 Å². The Morgan fingerprint density at radius 2 is 1.89 bits per heavy atom. The summed E-state index contributed by atoms with van der Waals surface area (Å²) >= 11 is 7.63. The van der Waals surface area contributed by atoms with Crippen LogP contribution in [0.15, 0.2) is 60.7 Å². The fraction of sp³-hybridized carbons (Fsp3) is 0.273. The van der Waals surface area contributed by atoms with Crippen molar-refractivity contribution < 1.29 is 4.79 Å². The first-order valence-electron chi connectivity index (χ1n) is 9.23. The topological polar surface area (TPSA) is 42.0 Å². The minimum Gasteiger partial charge on any atom is -0.356 e. The van der Waals surface area contributed by atoms with Crippen molar-refractivity contribution in [2.45, 2.75) is 25.2 Å². The molecule has 0 fully saturated rings. The van der Waals surface area contributed by atoms with Gasteiger partial charge >= 0.3 is 0 Å². The highest BCUT2D eigenvalue weighted by molar-refractivity contribution is 7.18. The number of carbonyl (C=O) groups excluding carboxylic acids is 1. The summed E-state index contributed by atoms with van der Waals surface area (Å²) in [6.07, 6.45) is 6.74. The summed E-state index contributed by atoms with van der Waals surface area (Å²) in [7, 11) is 0. The van der Waals surface area contributed by atoms with Gasteiger partial charge in [-0.1, -0.05) is 48.0 Å². The SMILES string of the molecule is O=C(NCCc1ccc(Cl)cc1)[C@H]1CC=CC[C@@H]1c1nc2ccccc2s1. The molecule has 1 aliphatic carbocycles. The summed E-state index contributed by atoms with van der Waals surface area (Å²) in [5.41, 5.74) is 2.19. The van der Waals surface area contributed by atoms with E-state index in [0.29, 0.717) is 6.54 Å². The quantitative estimate of drug-likeness (QED) is 0.590. The van der Waals surface area contributed by atoms with Crippen molar-refractivity contribution in [1.29, 1.82) is 0 Å². The molecule has 0 unspecified atom stereocenters. The molecule has 2 aromatic carbocycles. The molecular formula is C22H21ClN2OS. The first-order valence-corrected chi connectivity index (χ1v) is 10.4. The monoisotopic (exact) mass is 396 g/mol. The van der Waals surface area contributed by atoms with Gasteiger partial charge in [0.05, 0.1) is 21.1 Å². The van der Waals surface area contributed by atoms with Crippen LogP contribution < -0.4 is 5.32 Å². The maximum absolute atomic E-state index is 12.9. The van der Waals surface area contributed by atoms with Gasteiger partial charge in [-0.25, -0.2) is 4.98 Å². The predicted octanol–water partition coefficient (Wildman–Crippen LogP) is 5.36. The average Bonchev–Trinajstić information content (AvgIpc) is 3.13. The molecule has 0 spiro atoms. The lowest BCUT2D eigenvalue weighted by Crippen LogP contribution is -2.36. The summed E-state index contributed by atoms with van der Waals surface area (Å²) in [6.45, 7) is 0.632. The Balaban J connectivity index is 1.43. The summed E-state index contributed by atoms with van der Waals surface area (Å²) in [5.74, 6) is 0.223. The molecule has 1 aliphatic rings. The molecule has 1 amide bonds. The van der Waals surface area contributed by atoms with E-state index in [1.807, 2.05) is 42.5 Å². The molecular weight excluding hydrogens is 376 g/mol. The van der Waals surface area contributed by atoms with Crippen LogP contribution in [0.25, 0.3) is 10.2 Å². The van der Waals surface area contributed by atoms with E-state index in [1.54, 1.807) is 11.3 Å². The molecule has 3 nitrogen and oxygen atoms in total. The van der Waals surface area contributed by atoms with E-state index in [4.69, 9.17) is 16.6 Å². The minimum atomic E-state index is -0.0548. The summed E-state index contributed by atoms with van der Waals surface area (Å²) < 4.78 is 1.18. The van der Waals surface area contributed by atoms with E-state index in [2.05, 4.69) is 23.5 Å². The second-order valence-electron chi connectivity index (χ2n) is 6.84. The van der Waals surface area contributed by atoms with Crippen LogP contribution in [0.3, 0.4) is 0 Å². The normalized spacial score (nSPS) is 19.3. The van der Waals surface area contributed by atoms with Crippen molar-refractivity contribution in [1.82, 2.24) is 10.3 Å². The molecule has 27 heavy (non-hydrogen) atoms. The molecule has 4 rings (SSSR count). The van der Waals surface area contributed by atoms with Crippen LogP contribution in [0.1, 0.15) is 29.3 Å². The fourth-order valence-corrected chi connectivity index (χ4v) is 4.81. The number of allylic oxidation sites excluding steroid dienone is 2. The van der Waals surface area contributed by atoms with Gasteiger partial charge in [-0.3, -0.25) is 4.79 Å². The third-order valence-electron chi connectivity index (χ3n) is 5.02. The number of nitrogens with zero attached hydrogens (tertiary/aromatic N) is 1.